The summed E-state index contributed by atoms with van der Waals surface area (Å²) in [5.41, 5.74) is -3.37. The van der Waals surface area contributed by atoms with Gasteiger partial charge in [-0.3, -0.25) is 9.78 Å². The molecule has 0 saturated heterocycles. The Morgan fingerprint density at radius 3 is 1.98 bits per heavy atom. The van der Waals surface area contributed by atoms with Crippen LogP contribution in [0, 0.1) is 6.92 Å². The molecule has 0 aliphatic carbocycles. The molecule has 0 atom stereocenters. The molecule has 3 aromatic rings. The molecule has 1 aliphatic rings. The second-order valence-corrected chi connectivity index (χ2v) is 13.0. The van der Waals surface area contributed by atoms with Gasteiger partial charge in [0.1, 0.15) is 5.60 Å². The smallest absolute Gasteiger partial charge is 0.416 e. The number of carbonyl (C=O) groups excluding carboxylic acids is 2. The van der Waals surface area contributed by atoms with Crippen LogP contribution in [0.25, 0.3) is 16.7 Å². The summed E-state index contributed by atoms with van der Waals surface area (Å²) in [6.07, 6.45) is -6.33. The first kappa shape index (κ1) is 35.7. The van der Waals surface area contributed by atoms with Crippen molar-refractivity contribution < 1.29 is 40.7 Å². The van der Waals surface area contributed by atoms with Crippen LogP contribution in [0.5, 0.6) is 0 Å². The summed E-state index contributed by atoms with van der Waals surface area (Å²) in [7, 11) is 1.35. The molecule has 0 spiro atoms. The number of esters is 1. The Morgan fingerprint density at radius 2 is 1.47 bits per heavy atom. The van der Waals surface area contributed by atoms with Crippen LogP contribution >= 0.6 is 0 Å². The highest BCUT2D eigenvalue weighted by Crippen LogP contribution is 2.43. The van der Waals surface area contributed by atoms with E-state index in [9.17, 15) is 35.9 Å². The fourth-order valence-electron chi connectivity index (χ4n) is 5.46. The first-order valence-corrected chi connectivity index (χ1v) is 14.9. The van der Waals surface area contributed by atoms with E-state index in [2.05, 4.69) is 10.3 Å². The Labute approximate surface area is 269 Å². The number of aryl methyl sites for hydroxylation is 1. The van der Waals surface area contributed by atoms with Gasteiger partial charge in [0, 0.05) is 19.2 Å². The van der Waals surface area contributed by atoms with Crippen molar-refractivity contribution in [2.45, 2.75) is 71.3 Å². The van der Waals surface area contributed by atoms with Crippen LogP contribution in [0.2, 0.25) is 0 Å². The lowest BCUT2D eigenvalue weighted by molar-refractivity contribution is -0.143. The zero-order valence-electron chi connectivity index (χ0n) is 27.2. The minimum Gasteiger partial charge on any atom is -0.456 e. The van der Waals surface area contributed by atoms with Gasteiger partial charge in [-0.15, -0.1) is 0 Å². The molecule has 1 aliphatic heterocycles. The van der Waals surface area contributed by atoms with E-state index in [1.54, 1.807) is 39.0 Å². The summed E-state index contributed by atoms with van der Waals surface area (Å²) >= 11 is 0. The van der Waals surface area contributed by atoms with E-state index in [1.807, 2.05) is 19.1 Å². The summed E-state index contributed by atoms with van der Waals surface area (Å²) in [5.74, 6) is -1.53. The van der Waals surface area contributed by atoms with Gasteiger partial charge in [0.05, 0.1) is 39.7 Å². The predicted molar refractivity (Wildman–Crippen MR) is 168 cm³/mol. The summed E-state index contributed by atoms with van der Waals surface area (Å²) in [6.45, 7) is 10.6. The zero-order valence-corrected chi connectivity index (χ0v) is 27.2. The molecule has 1 N–H and O–H groups in total. The molecule has 0 unspecified atom stereocenters. The normalized spacial score (nSPS) is 14.4. The van der Waals surface area contributed by atoms with Crippen molar-refractivity contribution in [1.82, 2.24) is 10.3 Å². The number of halogens is 6. The number of nitrogens with one attached hydrogen (secondary N) is 1. The molecule has 2 aromatic carbocycles. The second-order valence-electron chi connectivity index (χ2n) is 13.0. The molecule has 0 radical (unpaired) electrons. The lowest BCUT2D eigenvalue weighted by Crippen LogP contribution is -2.42. The van der Waals surface area contributed by atoms with E-state index in [0.717, 1.165) is 16.0 Å². The van der Waals surface area contributed by atoms with Crippen LogP contribution in [-0.2, 0) is 27.3 Å². The van der Waals surface area contributed by atoms with Crippen LogP contribution in [0.1, 0.15) is 79.3 Å². The van der Waals surface area contributed by atoms with Gasteiger partial charge in [0.2, 0.25) is 5.91 Å². The quantitative estimate of drug-likeness (QED) is 0.212. The monoisotopic (exact) mass is 661 g/mol. The van der Waals surface area contributed by atoms with Gasteiger partial charge >= 0.3 is 18.3 Å². The summed E-state index contributed by atoms with van der Waals surface area (Å²) < 4.78 is 88.2. The van der Waals surface area contributed by atoms with E-state index in [0.29, 0.717) is 48.5 Å². The van der Waals surface area contributed by atoms with E-state index in [1.165, 1.54) is 27.1 Å². The first-order chi connectivity index (χ1) is 21.6. The average Bonchev–Trinajstić information content (AvgIpc) is 2.98. The number of hydrogen-bond donors (Lipinski definition) is 1. The number of alkyl halides is 6. The van der Waals surface area contributed by atoms with Crippen molar-refractivity contribution in [2.24, 2.45) is 0 Å². The predicted octanol–water partition coefficient (Wildman–Crippen LogP) is 8.37. The number of carbonyl (C=O) groups is 2. The van der Waals surface area contributed by atoms with Crippen LogP contribution in [0.3, 0.4) is 0 Å². The molecule has 1 aromatic heterocycles. The fourth-order valence-corrected chi connectivity index (χ4v) is 5.46. The van der Waals surface area contributed by atoms with Crippen molar-refractivity contribution in [3.05, 3.63) is 88.2 Å². The number of anilines is 1. The van der Waals surface area contributed by atoms with E-state index in [4.69, 9.17) is 4.74 Å². The van der Waals surface area contributed by atoms with Crippen LogP contribution < -0.4 is 10.2 Å². The molecule has 252 valence electrons. The number of ether oxygens (including phenoxy) is 1. The zero-order chi connectivity index (χ0) is 35.1. The van der Waals surface area contributed by atoms with Crippen LogP contribution in [-0.4, -0.2) is 42.6 Å². The lowest BCUT2D eigenvalue weighted by Gasteiger charge is -2.33. The second kappa shape index (κ2) is 12.8. The standard InChI is InChI=1S/C35H37F6N3O3/c1-20-10-8-9-11-25(20)27-26(19-43-29(21-12-14-42-15-13-21)28(27)30(45)47-32(2,3)4)44(7)31(46)33(5,6)22-16-23(34(36,37)38)18-24(17-22)35(39,40)41/h8-12,16-19,42H,13-15H2,1-7H3. The topological polar surface area (TPSA) is 71.5 Å². The van der Waals surface area contributed by atoms with Crippen molar-refractivity contribution >= 4 is 23.1 Å². The molecule has 2 heterocycles. The highest BCUT2D eigenvalue weighted by atomic mass is 19.4. The largest absolute Gasteiger partial charge is 0.456 e. The average molecular weight is 662 g/mol. The van der Waals surface area contributed by atoms with Gasteiger partial charge in [0.15, 0.2) is 0 Å². The maximum Gasteiger partial charge on any atom is 0.416 e. The minimum atomic E-state index is -5.09. The molecule has 4 rings (SSSR count). The number of benzene rings is 2. The number of pyridine rings is 1. The fraction of sp³-hybridized carbons (Fsp3) is 0.400. The van der Waals surface area contributed by atoms with E-state index < -0.39 is 51.9 Å². The maximum atomic E-state index is 14.3. The number of hydrogen-bond acceptors (Lipinski definition) is 5. The van der Waals surface area contributed by atoms with Gasteiger partial charge in [-0.1, -0.05) is 30.3 Å². The first-order valence-electron chi connectivity index (χ1n) is 14.9. The van der Waals surface area contributed by atoms with Crippen molar-refractivity contribution in [3.8, 4) is 11.1 Å². The number of rotatable bonds is 6. The number of amides is 1. The van der Waals surface area contributed by atoms with Crippen LogP contribution in [0.4, 0.5) is 32.0 Å². The maximum absolute atomic E-state index is 14.3. The third-order valence-corrected chi connectivity index (χ3v) is 7.95. The molecular formula is C35H37F6N3O3. The van der Waals surface area contributed by atoms with Gasteiger partial charge in [-0.2, -0.15) is 26.3 Å². The molecule has 1 amide bonds. The van der Waals surface area contributed by atoms with Gasteiger partial charge in [-0.05, 0) is 95.0 Å². The Kier molecular flexibility index (Phi) is 9.70. The highest BCUT2D eigenvalue weighted by molar-refractivity contribution is 6.09. The van der Waals surface area contributed by atoms with Gasteiger partial charge in [-0.25, -0.2) is 4.79 Å². The molecule has 12 heteroatoms. The van der Waals surface area contributed by atoms with Crippen LogP contribution in [0.15, 0.2) is 54.7 Å². The van der Waals surface area contributed by atoms with Gasteiger partial charge in [0.25, 0.3) is 0 Å². The number of nitrogens with zero attached hydrogens (tertiary/aromatic N) is 2. The molecule has 0 bridgehead atoms. The van der Waals surface area contributed by atoms with Crippen molar-refractivity contribution in [2.75, 3.05) is 25.0 Å². The number of likely N-dealkylation sites (N-methyl/N-ethyl adjacent to an activating group) is 1. The molecule has 6 nitrogen and oxygen atoms in total. The van der Waals surface area contributed by atoms with Crippen molar-refractivity contribution in [3.63, 3.8) is 0 Å². The Hall–Kier alpha value is -4.19. The summed E-state index contributed by atoms with van der Waals surface area (Å²) in [5, 5.41) is 3.22. The highest BCUT2D eigenvalue weighted by Gasteiger charge is 2.42. The van der Waals surface area contributed by atoms with Crippen molar-refractivity contribution in [1.29, 1.82) is 0 Å². The molecule has 0 fully saturated rings. The summed E-state index contributed by atoms with van der Waals surface area (Å²) in [4.78, 5) is 34.0. The minimum absolute atomic E-state index is 0.0231. The molecular weight excluding hydrogens is 624 g/mol. The third kappa shape index (κ3) is 7.69. The molecule has 47 heavy (non-hydrogen) atoms. The lowest BCUT2D eigenvalue weighted by atomic mass is 9.81. The third-order valence-electron chi connectivity index (χ3n) is 7.95. The SMILES string of the molecule is Cc1ccccc1-c1c(N(C)C(=O)C(C)(C)c2cc(C(F)(F)F)cc(C(F)(F)F)c2)cnc(C2=CCNCC2)c1C(=O)OC(C)(C)C. The van der Waals surface area contributed by atoms with E-state index in [-0.39, 0.29) is 17.3 Å². The summed E-state index contributed by atoms with van der Waals surface area (Å²) in [6, 6.07) is 8.26. The molecule has 0 saturated carbocycles. The Balaban J connectivity index is 1.99. The number of aromatic nitrogens is 1. The van der Waals surface area contributed by atoms with E-state index >= 15 is 0 Å². The Bertz CT molecular complexity index is 1690. The Morgan fingerprint density at radius 1 is 0.894 bits per heavy atom. The van der Waals surface area contributed by atoms with Gasteiger partial charge < -0.3 is 15.0 Å².